The average molecular weight is 318 g/mol. The Kier molecular flexibility index (Phi) is 6.87. The third-order valence-electron chi connectivity index (χ3n) is 3.19. The molecule has 0 unspecified atom stereocenters. The maximum atomic E-state index is 11.7. The monoisotopic (exact) mass is 317 g/mol. The normalized spacial score (nSPS) is 10.4. The van der Waals surface area contributed by atoms with Crippen molar-refractivity contribution in [3.05, 3.63) is 64.9 Å². The van der Waals surface area contributed by atoms with Crippen LogP contribution < -0.4 is 10.6 Å². The van der Waals surface area contributed by atoms with E-state index in [0.717, 1.165) is 22.7 Å². The van der Waals surface area contributed by atoms with Crippen molar-refractivity contribution in [2.45, 2.75) is 19.4 Å². The van der Waals surface area contributed by atoms with Crippen LogP contribution in [-0.2, 0) is 17.8 Å². The molecule has 1 amide bonds. The summed E-state index contributed by atoms with van der Waals surface area (Å²) < 4.78 is 0. The molecule has 4 nitrogen and oxygen atoms in total. The Bertz CT molecular complexity index is 589. The van der Waals surface area contributed by atoms with E-state index < -0.39 is 0 Å². The summed E-state index contributed by atoms with van der Waals surface area (Å²) in [4.78, 5) is 15.9. The highest BCUT2D eigenvalue weighted by molar-refractivity contribution is 6.30. The highest BCUT2D eigenvalue weighted by Crippen LogP contribution is 2.10. The van der Waals surface area contributed by atoms with Gasteiger partial charge in [0, 0.05) is 37.3 Å². The molecule has 0 saturated carbocycles. The molecular formula is C17H20ClN3O. The predicted octanol–water partition coefficient (Wildman–Crippen LogP) is 2.57. The Morgan fingerprint density at radius 1 is 1.14 bits per heavy atom. The van der Waals surface area contributed by atoms with Crippen LogP contribution in [0.5, 0.6) is 0 Å². The van der Waals surface area contributed by atoms with Crippen molar-refractivity contribution in [3.8, 4) is 0 Å². The molecule has 0 fully saturated rings. The molecule has 0 aliphatic heterocycles. The van der Waals surface area contributed by atoms with Gasteiger partial charge in [-0.05, 0) is 36.2 Å². The standard InChI is InChI=1S/C17H20ClN3O/c18-15-5-3-4-14(12-15)7-11-21-17(22)8-10-19-13-16-6-1-2-9-20-16/h1-6,9,12,19H,7-8,10-11,13H2,(H,21,22). The second kappa shape index (κ2) is 9.18. The fourth-order valence-electron chi connectivity index (χ4n) is 2.05. The van der Waals surface area contributed by atoms with E-state index in [1.54, 1.807) is 6.20 Å². The zero-order chi connectivity index (χ0) is 15.6. The molecule has 0 radical (unpaired) electrons. The van der Waals surface area contributed by atoms with Crippen molar-refractivity contribution in [1.82, 2.24) is 15.6 Å². The van der Waals surface area contributed by atoms with Gasteiger partial charge in [0.1, 0.15) is 0 Å². The van der Waals surface area contributed by atoms with E-state index in [0.29, 0.717) is 26.1 Å². The molecule has 5 heteroatoms. The first kappa shape index (κ1) is 16.5. The van der Waals surface area contributed by atoms with Gasteiger partial charge in [-0.3, -0.25) is 9.78 Å². The van der Waals surface area contributed by atoms with E-state index in [2.05, 4.69) is 15.6 Å². The molecule has 1 heterocycles. The zero-order valence-corrected chi connectivity index (χ0v) is 13.1. The molecule has 2 aromatic rings. The van der Waals surface area contributed by atoms with Crippen molar-refractivity contribution < 1.29 is 4.79 Å². The van der Waals surface area contributed by atoms with Crippen LogP contribution in [0.15, 0.2) is 48.7 Å². The Balaban J connectivity index is 1.56. The number of rotatable bonds is 8. The minimum atomic E-state index is 0.0514. The maximum absolute atomic E-state index is 11.7. The average Bonchev–Trinajstić information content (AvgIpc) is 2.53. The number of hydrogen-bond acceptors (Lipinski definition) is 3. The van der Waals surface area contributed by atoms with Crippen LogP contribution in [0.2, 0.25) is 5.02 Å². The number of pyridine rings is 1. The van der Waals surface area contributed by atoms with E-state index in [-0.39, 0.29) is 5.91 Å². The highest BCUT2D eigenvalue weighted by atomic mass is 35.5. The molecule has 2 N–H and O–H groups in total. The first-order valence-electron chi connectivity index (χ1n) is 7.36. The Labute approximate surface area is 135 Å². The summed E-state index contributed by atoms with van der Waals surface area (Å²) in [6.07, 6.45) is 3.01. The first-order chi connectivity index (χ1) is 10.7. The summed E-state index contributed by atoms with van der Waals surface area (Å²) in [6.45, 7) is 1.94. The minimum Gasteiger partial charge on any atom is -0.356 e. The zero-order valence-electron chi connectivity index (χ0n) is 12.4. The molecule has 0 aliphatic rings. The number of carbonyl (C=O) groups is 1. The minimum absolute atomic E-state index is 0.0514. The van der Waals surface area contributed by atoms with Crippen LogP contribution >= 0.6 is 11.6 Å². The molecule has 2 rings (SSSR count). The van der Waals surface area contributed by atoms with Crippen LogP contribution in [0.4, 0.5) is 0 Å². The topological polar surface area (TPSA) is 54.0 Å². The number of hydrogen-bond donors (Lipinski definition) is 2. The molecule has 0 atom stereocenters. The maximum Gasteiger partial charge on any atom is 0.221 e. The Morgan fingerprint density at radius 3 is 2.82 bits per heavy atom. The van der Waals surface area contributed by atoms with Gasteiger partial charge in [0.15, 0.2) is 0 Å². The number of carbonyl (C=O) groups excluding carboxylic acids is 1. The van der Waals surface area contributed by atoms with Gasteiger partial charge in [0.2, 0.25) is 5.91 Å². The summed E-state index contributed by atoms with van der Waals surface area (Å²) >= 11 is 5.92. The smallest absolute Gasteiger partial charge is 0.221 e. The predicted molar refractivity (Wildman–Crippen MR) is 88.7 cm³/mol. The van der Waals surface area contributed by atoms with Crippen molar-refractivity contribution in [1.29, 1.82) is 0 Å². The van der Waals surface area contributed by atoms with Crippen molar-refractivity contribution >= 4 is 17.5 Å². The van der Waals surface area contributed by atoms with Crippen LogP contribution in [0.25, 0.3) is 0 Å². The van der Waals surface area contributed by atoms with E-state index >= 15 is 0 Å². The summed E-state index contributed by atoms with van der Waals surface area (Å²) in [6, 6.07) is 13.5. The van der Waals surface area contributed by atoms with Gasteiger partial charge in [-0.25, -0.2) is 0 Å². The van der Waals surface area contributed by atoms with Gasteiger partial charge >= 0.3 is 0 Å². The molecule has 0 spiro atoms. The number of nitrogens with zero attached hydrogens (tertiary/aromatic N) is 1. The summed E-state index contributed by atoms with van der Waals surface area (Å²) in [5, 5.41) is 6.84. The van der Waals surface area contributed by atoms with E-state index in [1.165, 1.54) is 0 Å². The lowest BCUT2D eigenvalue weighted by Crippen LogP contribution is -2.29. The third kappa shape index (κ3) is 6.24. The summed E-state index contributed by atoms with van der Waals surface area (Å²) in [5.74, 6) is 0.0514. The van der Waals surface area contributed by atoms with Gasteiger partial charge in [0.05, 0.1) is 5.69 Å². The highest BCUT2D eigenvalue weighted by Gasteiger charge is 2.01. The number of halogens is 1. The van der Waals surface area contributed by atoms with Gasteiger partial charge in [-0.15, -0.1) is 0 Å². The van der Waals surface area contributed by atoms with Crippen LogP contribution in [-0.4, -0.2) is 24.0 Å². The number of aromatic nitrogens is 1. The summed E-state index contributed by atoms with van der Waals surface area (Å²) in [7, 11) is 0. The quantitative estimate of drug-likeness (QED) is 0.736. The first-order valence-corrected chi connectivity index (χ1v) is 7.73. The lowest BCUT2D eigenvalue weighted by atomic mass is 10.1. The second-order valence-electron chi connectivity index (χ2n) is 4.98. The SMILES string of the molecule is O=C(CCNCc1ccccn1)NCCc1cccc(Cl)c1. The molecule has 1 aromatic carbocycles. The summed E-state index contributed by atoms with van der Waals surface area (Å²) in [5.41, 5.74) is 2.10. The number of nitrogens with one attached hydrogen (secondary N) is 2. The Hall–Kier alpha value is -1.91. The van der Waals surface area contributed by atoms with Crippen molar-refractivity contribution in [2.24, 2.45) is 0 Å². The van der Waals surface area contributed by atoms with Gasteiger partial charge in [-0.1, -0.05) is 29.8 Å². The molecular weight excluding hydrogens is 298 g/mol. The third-order valence-corrected chi connectivity index (χ3v) is 3.42. The molecule has 0 saturated heterocycles. The fraction of sp³-hybridized carbons (Fsp3) is 0.294. The number of amides is 1. The van der Waals surface area contributed by atoms with Crippen molar-refractivity contribution in [2.75, 3.05) is 13.1 Å². The molecule has 0 aliphatic carbocycles. The second-order valence-corrected chi connectivity index (χ2v) is 5.41. The van der Waals surface area contributed by atoms with E-state index in [9.17, 15) is 4.79 Å². The lowest BCUT2D eigenvalue weighted by molar-refractivity contribution is -0.120. The fourth-order valence-corrected chi connectivity index (χ4v) is 2.26. The largest absolute Gasteiger partial charge is 0.356 e. The molecule has 116 valence electrons. The molecule has 1 aromatic heterocycles. The van der Waals surface area contributed by atoms with E-state index in [1.807, 2.05) is 42.5 Å². The molecule has 22 heavy (non-hydrogen) atoms. The molecule has 0 bridgehead atoms. The van der Waals surface area contributed by atoms with Gasteiger partial charge in [-0.2, -0.15) is 0 Å². The van der Waals surface area contributed by atoms with Gasteiger partial charge < -0.3 is 10.6 Å². The van der Waals surface area contributed by atoms with Crippen LogP contribution in [0, 0.1) is 0 Å². The van der Waals surface area contributed by atoms with E-state index in [4.69, 9.17) is 11.6 Å². The number of benzene rings is 1. The van der Waals surface area contributed by atoms with Crippen LogP contribution in [0.1, 0.15) is 17.7 Å². The van der Waals surface area contributed by atoms with Gasteiger partial charge in [0.25, 0.3) is 0 Å². The van der Waals surface area contributed by atoms with Crippen molar-refractivity contribution in [3.63, 3.8) is 0 Å². The lowest BCUT2D eigenvalue weighted by Gasteiger charge is -2.07. The van der Waals surface area contributed by atoms with Crippen LogP contribution in [0.3, 0.4) is 0 Å². The Morgan fingerprint density at radius 2 is 2.05 bits per heavy atom.